The molecule has 1 amide bonds. The molecule has 4 rings (SSSR count). The third kappa shape index (κ3) is 4.42. The van der Waals surface area contributed by atoms with Gasteiger partial charge in [0.2, 0.25) is 0 Å². The number of phenols is 1. The topological polar surface area (TPSA) is 74.8 Å². The predicted molar refractivity (Wildman–Crippen MR) is 119 cm³/mol. The Morgan fingerprint density at radius 2 is 2.21 bits per heavy atom. The molecule has 0 fully saturated rings. The van der Waals surface area contributed by atoms with Crippen molar-refractivity contribution < 1.29 is 14.3 Å². The maximum atomic E-state index is 13.0. The van der Waals surface area contributed by atoms with Gasteiger partial charge in [0, 0.05) is 21.7 Å². The number of fused-ring (bicyclic) bond motifs is 1. The number of benzene rings is 1. The summed E-state index contributed by atoms with van der Waals surface area (Å²) in [6.07, 6.45) is 7.14. The number of halogens is 2. The van der Waals surface area contributed by atoms with E-state index >= 15 is 0 Å². The highest BCUT2D eigenvalue weighted by Gasteiger charge is 2.25. The van der Waals surface area contributed by atoms with E-state index in [0.29, 0.717) is 37.9 Å². The van der Waals surface area contributed by atoms with E-state index in [9.17, 15) is 9.90 Å². The number of aromatic hydroxyl groups is 1. The van der Waals surface area contributed by atoms with Gasteiger partial charge in [0.1, 0.15) is 16.5 Å². The molecule has 0 unspecified atom stereocenters. The molecule has 5 nitrogen and oxygen atoms in total. The van der Waals surface area contributed by atoms with Crippen molar-refractivity contribution in [2.45, 2.75) is 32.2 Å². The number of carbonyl (C=O) groups is 1. The third-order valence-corrected chi connectivity index (χ3v) is 6.78. The van der Waals surface area contributed by atoms with Crippen LogP contribution in [-0.2, 0) is 19.4 Å². The number of amides is 1. The van der Waals surface area contributed by atoms with Crippen molar-refractivity contribution in [3.8, 4) is 5.75 Å². The lowest BCUT2D eigenvalue weighted by molar-refractivity contribution is 0.0948. The van der Waals surface area contributed by atoms with Gasteiger partial charge in [-0.25, -0.2) is 4.99 Å². The number of furan rings is 1. The van der Waals surface area contributed by atoms with Crippen LogP contribution in [0, 0.1) is 0 Å². The van der Waals surface area contributed by atoms with Gasteiger partial charge < -0.3 is 14.8 Å². The van der Waals surface area contributed by atoms with E-state index in [1.54, 1.807) is 30.7 Å². The Balaban J connectivity index is 1.66. The number of phenolic OH excluding ortho intramolecular Hbond substituents is 1. The fraction of sp³-hybridized carbons (Fsp3) is 0.238. The molecular formula is C21H18BrClN2O3S. The lowest BCUT2D eigenvalue weighted by atomic mass is 9.95. The molecular weight excluding hydrogens is 476 g/mol. The van der Waals surface area contributed by atoms with Crippen LogP contribution in [0.2, 0.25) is 5.02 Å². The summed E-state index contributed by atoms with van der Waals surface area (Å²) in [4.78, 5) is 18.8. The summed E-state index contributed by atoms with van der Waals surface area (Å²) in [5, 5.41) is 14.3. The van der Waals surface area contributed by atoms with Crippen molar-refractivity contribution in [3.05, 3.63) is 67.4 Å². The van der Waals surface area contributed by atoms with Crippen LogP contribution >= 0.6 is 38.9 Å². The SMILES string of the molecule is O=C(NCc1ccco1)c1c(N=Cc2cc(Cl)cc(Br)c2O)sc2c1CCCC2. The molecule has 0 radical (unpaired) electrons. The number of aliphatic imine (C=N–C) groups is 1. The van der Waals surface area contributed by atoms with E-state index in [4.69, 9.17) is 16.0 Å². The van der Waals surface area contributed by atoms with Gasteiger partial charge in [-0.2, -0.15) is 0 Å². The number of thiophene rings is 1. The normalized spacial score (nSPS) is 13.6. The minimum Gasteiger partial charge on any atom is -0.506 e. The van der Waals surface area contributed by atoms with E-state index < -0.39 is 0 Å². The van der Waals surface area contributed by atoms with Crippen molar-refractivity contribution in [1.82, 2.24) is 5.32 Å². The number of hydrogen-bond acceptors (Lipinski definition) is 5. The third-order valence-electron chi connectivity index (χ3n) is 4.76. The van der Waals surface area contributed by atoms with Gasteiger partial charge in [0.25, 0.3) is 5.91 Å². The molecule has 150 valence electrons. The molecule has 2 N–H and O–H groups in total. The summed E-state index contributed by atoms with van der Waals surface area (Å²) >= 11 is 10.9. The van der Waals surface area contributed by atoms with Gasteiger partial charge in [-0.05, 0) is 71.4 Å². The first kappa shape index (κ1) is 20.2. The van der Waals surface area contributed by atoms with Crippen LogP contribution in [0.25, 0.3) is 0 Å². The van der Waals surface area contributed by atoms with Crippen molar-refractivity contribution in [2.24, 2.45) is 4.99 Å². The van der Waals surface area contributed by atoms with E-state index in [2.05, 4.69) is 26.2 Å². The fourth-order valence-corrected chi connectivity index (χ4v) is 5.42. The molecule has 1 aromatic carbocycles. The van der Waals surface area contributed by atoms with Crippen molar-refractivity contribution in [3.63, 3.8) is 0 Å². The zero-order chi connectivity index (χ0) is 20.4. The number of aryl methyl sites for hydroxylation is 1. The smallest absolute Gasteiger partial charge is 0.255 e. The summed E-state index contributed by atoms with van der Waals surface area (Å²) in [5.41, 5.74) is 2.19. The second kappa shape index (κ2) is 8.73. The van der Waals surface area contributed by atoms with E-state index in [0.717, 1.165) is 31.2 Å². The molecule has 8 heteroatoms. The van der Waals surface area contributed by atoms with Crippen LogP contribution in [-0.4, -0.2) is 17.2 Å². The molecule has 0 spiro atoms. The highest BCUT2D eigenvalue weighted by atomic mass is 79.9. The average Bonchev–Trinajstić information content (AvgIpc) is 3.35. The average molecular weight is 494 g/mol. The molecule has 0 aliphatic heterocycles. The van der Waals surface area contributed by atoms with Gasteiger partial charge in [-0.3, -0.25) is 4.79 Å². The molecule has 0 atom stereocenters. The number of nitrogens with zero attached hydrogens (tertiary/aromatic N) is 1. The molecule has 1 aliphatic carbocycles. The Morgan fingerprint density at radius 3 is 3.00 bits per heavy atom. The Hall–Kier alpha value is -2.09. The maximum Gasteiger partial charge on any atom is 0.255 e. The number of rotatable bonds is 5. The highest BCUT2D eigenvalue weighted by Crippen LogP contribution is 2.40. The minimum absolute atomic E-state index is 0.0586. The Labute approximate surface area is 185 Å². The van der Waals surface area contributed by atoms with Gasteiger partial charge >= 0.3 is 0 Å². The molecule has 2 aromatic heterocycles. The standard InChI is InChI=1S/C21H18BrClN2O3S/c22-16-9-13(23)8-12(19(16)26)10-25-21-18(15-5-1-2-6-17(15)29-21)20(27)24-11-14-4-3-7-28-14/h3-4,7-10,26H,1-2,5-6,11H2,(H,24,27). The maximum absolute atomic E-state index is 13.0. The molecule has 0 bridgehead atoms. The number of hydrogen-bond donors (Lipinski definition) is 2. The van der Waals surface area contributed by atoms with Crippen molar-refractivity contribution >= 4 is 56.0 Å². The zero-order valence-corrected chi connectivity index (χ0v) is 18.5. The molecule has 29 heavy (non-hydrogen) atoms. The van der Waals surface area contributed by atoms with Gasteiger partial charge in [-0.1, -0.05) is 11.6 Å². The summed E-state index contributed by atoms with van der Waals surface area (Å²) < 4.78 is 5.79. The monoisotopic (exact) mass is 492 g/mol. The predicted octanol–water partition coefficient (Wildman–Crippen LogP) is 6.02. The number of carbonyl (C=O) groups excluding carboxylic acids is 1. The van der Waals surface area contributed by atoms with Crippen molar-refractivity contribution in [1.29, 1.82) is 0 Å². The largest absolute Gasteiger partial charge is 0.506 e. The summed E-state index contributed by atoms with van der Waals surface area (Å²) in [5.74, 6) is 0.592. The molecule has 3 aromatic rings. The lowest BCUT2D eigenvalue weighted by Crippen LogP contribution is -2.23. The van der Waals surface area contributed by atoms with Gasteiger partial charge in [0.15, 0.2) is 0 Å². The van der Waals surface area contributed by atoms with E-state index in [-0.39, 0.29) is 11.7 Å². The summed E-state index contributed by atoms with van der Waals surface area (Å²) in [6, 6.07) is 6.86. The molecule has 0 saturated heterocycles. The second-order valence-electron chi connectivity index (χ2n) is 6.74. The first-order valence-electron chi connectivity index (χ1n) is 9.20. The first-order valence-corrected chi connectivity index (χ1v) is 11.2. The van der Waals surface area contributed by atoms with E-state index in [1.807, 2.05) is 6.07 Å². The lowest BCUT2D eigenvalue weighted by Gasteiger charge is -2.12. The van der Waals surface area contributed by atoms with Crippen LogP contribution in [0.3, 0.4) is 0 Å². The quantitative estimate of drug-likeness (QED) is 0.427. The Bertz CT molecular complexity index is 1080. The van der Waals surface area contributed by atoms with Gasteiger partial charge in [-0.15, -0.1) is 11.3 Å². The van der Waals surface area contributed by atoms with Crippen LogP contribution in [0.4, 0.5) is 5.00 Å². The number of nitrogens with one attached hydrogen (secondary N) is 1. The molecule has 1 aliphatic rings. The van der Waals surface area contributed by atoms with Crippen molar-refractivity contribution in [2.75, 3.05) is 0 Å². The summed E-state index contributed by atoms with van der Waals surface area (Å²) in [7, 11) is 0. The van der Waals surface area contributed by atoms with Crippen LogP contribution in [0.1, 0.15) is 45.0 Å². The first-order chi connectivity index (χ1) is 14.0. The highest BCUT2D eigenvalue weighted by molar-refractivity contribution is 9.10. The summed E-state index contributed by atoms with van der Waals surface area (Å²) in [6.45, 7) is 0.321. The van der Waals surface area contributed by atoms with Crippen LogP contribution in [0.15, 0.2) is 44.4 Å². The second-order valence-corrected chi connectivity index (χ2v) is 9.11. The molecule has 2 heterocycles. The van der Waals surface area contributed by atoms with Crippen LogP contribution < -0.4 is 5.32 Å². The van der Waals surface area contributed by atoms with Crippen LogP contribution in [0.5, 0.6) is 5.75 Å². The van der Waals surface area contributed by atoms with E-state index in [1.165, 1.54) is 16.2 Å². The Kier molecular flexibility index (Phi) is 6.08. The molecule has 0 saturated carbocycles. The van der Waals surface area contributed by atoms with Gasteiger partial charge in [0.05, 0.1) is 22.8 Å². The minimum atomic E-state index is -0.163. The fourth-order valence-electron chi connectivity index (χ4n) is 3.36. The Morgan fingerprint density at radius 1 is 1.38 bits per heavy atom. The zero-order valence-electron chi connectivity index (χ0n) is 15.4.